The fourth-order valence-electron chi connectivity index (χ4n) is 6.10. The SMILES string of the molecule is COCCNC(=O)CC[C@]12CC[C@](C)(O)C[C@H]1C(C)(C)C[C@@H]2NS(=O)(=O)c1ccc(C)cc1. The fourth-order valence-corrected chi connectivity index (χ4v) is 7.42. The van der Waals surface area contributed by atoms with Crippen molar-refractivity contribution in [3.05, 3.63) is 29.8 Å². The molecule has 3 rings (SSSR count). The third kappa shape index (κ3) is 5.78. The lowest BCUT2D eigenvalue weighted by molar-refractivity contribution is -0.123. The van der Waals surface area contributed by atoms with E-state index in [0.717, 1.165) is 5.56 Å². The highest BCUT2D eigenvalue weighted by molar-refractivity contribution is 7.89. The van der Waals surface area contributed by atoms with Gasteiger partial charge in [0.2, 0.25) is 15.9 Å². The van der Waals surface area contributed by atoms with Crippen LogP contribution in [0.5, 0.6) is 0 Å². The molecule has 0 aliphatic heterocycles. The molecule has 8 heteroatoms. The van der Waals surface area contributed by atoms with Gasteiger partial charge in [-0.2, -0.15) is 0 Å². The van der Waals surface area contributed by atoms with Crippen molar-refractivity contribution in [2.45, 2.75) is 82.8 Å². The van der Waals surface area contributed by atoms with Crippen LogP contribution in [0.1, 0.15) is 64.9 Å². The number of hydrogen-bond acceptors (Lipinski definition) is 5. The number of fused-ring (bicyclic) bond motifs is 1. The molecule has 0 heterocycles. The topological polar surface area (TPSA) is 105 Å². The van der Waals surface area contributed by atoms with Crippen molar-refractivity contribution < 1.29 is 23.1 Å². The molecule has 3 N–H and O–H groups in total. The Hall–Kier alpha value is -1.48. The molecule has 0 saturated heterocycles. The number of ether oxygens (including phenoxy) is 1. The molecule has 0 aromatic heterocycles. The summed E-state index contributed by atoms with van der Waals surface area (Å²) in [5, 5.41) is 13.8. The first-order chi connectivity index (χ1) is 15.3. The molecule has 33 heavy (non-hydrogen) atoms. The molecular weight excluding hydrogens is 440 g/mol. The number of methoxy groups -OCH3 is 1. The van der Waals surface area contributed by atoms with Gasteiger partial charge in [0.25, 0.3) is 0 Å². The number of carbonyl (C=O) groups is 1. The van der Waals surface area contributed by atoms with Crippen molar-refractivity contribution in [3.63, 3.8) is 0 Å². The van der Waals surface area contributed by atoms with Crippen molar-refractivity contribution in [1.29, 1.82) is 0 Å². The molecule has 0 bridgehead atoms. The van der Waals surface area contributed by atoms with Crippen LogP contribution in [0.3, 0.4) is 0 Å². The number of carbonyl (C=O) groups excluding carboxylic acids is 1. The predicted octanol–water partition coefficient (Wildman–Crippen LogP) is 3.15. The van der Waals surface area contributed by atoms with Crippen LogP contribution in [0, 0.1) is 23.7 Å². The molecule has 186 valence electrons. The molecule has 0 unspecified atom stereocenters. The van der Waals surface area contributed by atoms with Crippen molar-refractivity contribution in [1.82, 2.24) is 10.0 Å². The first-order valence-electron chi connectivity index (χ1n) is 11.9. The van der Waals surface area contributed by atoms with Gasteiger partial charge in [-0.25, -0.2) is 13.1 Å². The van der Waals surface area contributed by atoms with Gasteiger partial charge in [-0.15, -0.1) is 0 Å². The van der Waals surface area contributed by atoms with Gasteiger partial charge in [0.1, 0.15) is 0 Å². The Labute approximate surface area is 198 Å². The maximum atomic E-state index is 13.3. The van der Waals surface area contributed by atoms with Crippen LogP contribution in [-0.2, 0) is 19.6 Å². The summed E-state index contributed by atoms with van der Waals surface area (Å²) in [4.78, 5) is 12.8. The second-order valence-corrected chi connectivity index (χ2v) is 12.7. The summed E-state index contributed by atoms with van der Waals surface area (Å²) in [5.74, 6) is 0.0496. The second kappa shape index (κ2) is 9.64. The van der Waals surface area contributed by atoms with Crippen molar-refractivity contribution in [2.75, 3.05) is 20.3 Å². The van der Waals surface area contributed by atoms with Crippen molar-refractivity contribution in [2.24, 2.45) is 16.7 Å². The van der Waals surface area contributed by atoms with E-state index < -0.39 is 15.6 Å². The summed E-state index contributed by atoms with van der Waals surface area (Å²) >= 11 is 0. The van der Waals surface area contributed by atoms with Gasteiger partial charge >= 0.3 is 0 Å². The summed E-state index contributed by atoms with van der Waals surface area (Å²) in [7, 11) is -2.12. The number of sulfonamides is 1. The number of benzene rings is 1. The highest BCUT2D eigenvalue weighted by Gasteiger charge is 2.61. The molecule has 1 amide bonds. The van der Waals surface area contributed by atoms with E-state index in [1.54, 1.807) is 31.4 Å². The molecule has 1 aromatic carbocycles. The Balaban J connectivity index is 1.88. The normalized spacial score (nSPS) is 31.2. The molecule has 2 saturated carbocycles. The molecule has 7 nitrogen and oxygen atoms in total. The average molecular weight is 481 g/mol. The zero-order chi connectivity index (χ0) is 24.5. The van der Waals surface area contributed by atoms with Crippen molar-refractivity contribution >= 4 is 15.9 Å². The Bertz CT molecular complexity index is 942. The van der Waals surface area contributed by atoms with Crippen LogP contribution < -0.4 is 10.0 Å². The quantitative estimate of drug-likeness (QED) is 0.471. The Morgan fingerprint density at radius 3 is 2.45 bits per heavy atom. The Morgan fingerprint density at radius 2 is 1.82 bits per heavy atom. The first-order valence-corrected chi connectivity index (χ1v) is 13.4. The summed E-state index contributed by atoms with van der Waals surface area (Å²) in [6.45, 7) is 9.02. The van der Waals surface area contributed by atoms with Crippen LogP contribution in [0.2, 0.25) is 0 Å². The lowest BCUT2D eigenvalue weighted by Crippen LogP contribution is -2.52. The monoisotopic (exact) mass is 480 g/mol. The summed E-state index contributed by atoms with van der Waals surface area (Å²) in [6, 6.07) is 6.57. The highest BCUT2D eigenvalue weighted by atomic mass is 32.2. The van der Waals surface area contributed by atoms with E-state index in [2.05, 4.69) is 23.9 Å². The molecular formula is C25H40N2O5S. The third-order valence-electron chi connectivity index (χ3n) is 7.91. The zero-order valence-electron chi connectivity index (χ0n) is 20.6. The number of aryl methyl sites for hydroxylation is 1. The molecule has 2 fully saturated rings. The zero-order valence-corrected chi connectivity index (χ0v) is 21.4. The maximum Gasteiger partial charge on any atom is 0.240 e. The molecule has 0 radical (unpaired) electrons. The Kier molecular flexibility index (Phi) is 7.63. The highest BCUT2D eigenvalue weighted by Crippen LogP contribution is 2.64. The minimum Gasteiger partial charge on any atom is -0.390 e. The summed E-state index contributed by atoms with van der Waals surface area (Å²) in [6.07, 6.45) is 3.45. The van der Waals surface area contributed by atoms with Crippen LogP contribution in [-0.4, -0.2) is 51.3 Å². The number of aliphatic hydroxyl groups is 1. The standard InChI is InChI=1S/C25H40N2O5S/c1-18-6-8-19(9-7-18)33(30,31)27-21-17-23(2,3)20-16-24(4,29)12-13-25(20,21)11-10-22(28)26-14-15-32-5/h6-9,20-21,27,29H,10-17H2,1-5H3,(H,26,28)/t20-,21-,24-,25-/m0/s1. The number of nitrogens with one attached hydrogen (secondary N) is 2. The van der Waals surface area contributed by atoms with Crippen LogP contribution >= 0.6 is 0 Å². The van der Waals surface area contributed by atoms with E-state index in [0.29, 0.717) is 51.7 Å². The van der Waals surface area contributed by atoms with Gasteiger partial charge in [0, 0.05) is 26.1 Å². The van der Waals surface area contributed by atoms with Crippen molar-refractivity contribution in [3.8, 4) is 0 Å². The van der Waals surface area contributed by atoms with Crippen LogP contribution in [0.25, 0.3) is 0 Å². The largest absolute Gasteiger partial charge is 0.390 e. The summed E-state index contributed by atoms with van der Waals surface area (Å²) < 4.78 is 34.7. The van der Waals surface area contributed by atoms with Gasteiger partial charge in [-0.05, 0) is 74.8 Å². The van der Waals surface area contributed by atoms with E-state index in [9.17, 15) is 18.3 Å². The third-order valence-corrected chi connectivity index (χ3v) is 9.40. The number of amides is 1. The minimum absolute atomic E-state index is 0.0534. The van der Waals surface area contributed by atoms with Crippen LogP contribution in [0.4, 0.5) is 0 Å². The molecule has 2 aliphatic rings. The number of hydrogen-bond donors (Lipinski definition) is 3. The smallest absolute Gasteiger partial charge is 0.240 e. The Morgan fingerprint density at radius 1 is 1.15 bits per heavy atom. The first kappa shape index (κ1) is 26.1. The summed E-state index contributed by atoms with van der Waals surface area (Å²) in [5.41, 5.74) is -0.336. The molecule has 1 aromatic rings. The predicted molar refractivity (Wildman–Crippen MR) is 128 cm³/mol. The molecule has 2 aliphatic carbocycles. The van der Waals surface area contributed by atoms with Gasteiger partial charge in [-0.3, -0.25) is 4.79 Å². The van der Waals surface area contributed by atoms with Gasteiger partial charge in [0.05, 0.1) is 17.1 Å². The van der Waals surface area contributed by atoms with E-state index in [-0.39, 0.29) is 33.6 Å². The van der Waals surface area contributed by atoms with Gasteiger partial charge in [-0.1, -0.05) is 31.5 Å². The van der Waals surface area contributed by atoms with E-state index in [1.807, 2.05) is 13.8 Å². The maximum absolute atomic E-state index is 13.3. The minimum atomic E-state index is -3.71. The second-order valence-electron chi connectivity index (χ2n) is 11.0. The van der Waals surface area contributed by atoms with Gasteiger partial charge < -0.3 is 15.2 Å². The lowest BCUT2D eigenvalue weighted by atomic mass is 9.57. The molecule has 0 spiro atoms. The number of rotatable bonds is 9. The van der Waals surface area contributed by atoms with E-state index >= 15 is 0 Å². The van der Waals surface area contributed by atoms with Crippen LogP contribution in [0.15, 0.2) is 29.2 Å². The average Bonchev–Trinajstić information content (AvgIpc) is 2.92. The molecule has 4 atom stereocenters. The fraction of sp³-hybridized carbons (Fsp3) is 0.720. The lowest BCUT2D eigenvalue weighted by Gasteiger charge is -2.50. The van der Waals surface area contributed by atoms with Gasteiger partial charge in [0.15, 0.2) is 0 Å². The van der Waals surface area contributed by atoms with E-state index in [4.69, 9.17) is 4.74 Å². The van der Waals surface area contributed by atoms with E-state index in [1.165, 1.54) is 0 Å².